The Kier molecular flexibility index (Phi) is 8.73. The maximum absolute atomic E-state index is 10.4. The number of phenols is 3. The summed E-state index contributed by atoms with van der Waals surface area (Å²) in [6.45, 7) is 9.29. The Morgan fingerprint density at radius 3 is 2.03 bits per heavy atom. The van der Waals surface area contributed by atoms with Crippen LogP contribution in [0.1, 0.15) is 116 Å². The summed E-state index contributed by atoms with van der Waals surface area (Å²) in [5.74, 6) is -0.0999. The Bertz CT molecular complexity index is 644. The molecule has 0 saturated heterocycles. The van der Waals surface area contributed by atoms with Crippen LogP contribution in [0.2, 0.25) is 0 Å². The highest BCUT2D eigenvalue weighted by Crippen LogP contribution is 2.49. The van der Waals surface area contributed by atoms with Crippen molar-refractivity contribution in [1.82, 2.24) is 0 Å². The fraction of sp³-hybridized carbons (Fsp3) is 0.769. The lowest BCUT2D eigenvalue weighted by molar-refractivity contribution is 0.307. The molecule has 2 rings (SSSR count). The van der Waals surface area contributed by atoms with Crippen molar-refractivity contribution in [3.63, 3.8) is 0 Å². The molecule has 0 aromatic heterocycles. The molecular formula is C26H44O3. The van der Waals surface area contributed by atoms with Gasteiger partial charge in [0.25, 0.3) is 0 Å². The molecule has 0 radical (unpaired) electrons. The van der Waals surface area contributed by atoms with Crippen molar-refractivity contribution >= 4 is 0 Å². The third-order valence-corrected chi connectivity index (χ3v) is 7.27. The molecule has 166 valence electrons. The molecule has 3 N–H and O–H groups in total. The molecule has 1 aromatic carbocycles. The van der Waals surface area contributed by atoms with Gasteiger partial charge in [-0.15, -0.1) is 0 Å². The minimum Gasteiger partial charge on any atom is -0.508 e. The summed E-state index contributed by atoms with van der Waals surface area (Å²) >= 11 is 0. The Labute approximate surface area is 178 Å². The largest absolute Gasteiger partial charge is 0.508 e. The average molecular weight is 405 g/mol. The first kappa shape index (κ1) is 23.9. The van der Waals surface area contributed by atoms with Gasteiger partial charge >= 0.3 is 0 Å². The second-order valence-corrected chi connectivity index (χ2v) is 10.5. The number of hydrogen-bond acceptors (Lipinski definition) is 3. The number of hydrogen-bond donors (Lipinski definition) is 3. The summed E-state index contributed by atoms with van der Waals surface area (Å²) in [6, 6.07) is 1.30. The molecule has 1 saturated carbocycles. The van der Waals surface area contributed by atoms with Gasteiger partial charge in [-0.1, -0.05) is 66.2 Å². The summed E-state index contributed by atoms with van der Waals surface area (Å²) in [4.78, 5) is 0. The van der Waals surface area contributed by atoms with Crippen molar-refractivity contribution in [2.24, 2.45) is 10.8 Å². The topological polar surface area (TPSA) is 60.7 Å². The summed E-state index contributed by atoms with van der Waals surface area (Å²) < 4.78 is 0. The normalized spacial score (nSPS) is 15.6. The van der Waals surface area contributed by atoms with Gasteiger partial charge in [0, 0.05) is 17.2 Å². The molecule has 1 aliphatic rings. The Hall–Kier alpha value is -1.38. The van der Waals surface area contributed by atoms with E-state index in [-0.39, 0.29) is 17.2 Å². The van der Waals surface area contributed by atoms with E-state index in [0.717, 1.165) is 49.7 Å². The predicted octanol–water partition coefficient (Wildman–Crippen LogP) is 7.64. The van der Waals surface area contributed by atoms with E-state index in [4.69, 9.17) is 0 Å². The summed E-state index contributed by atoms with van der Waals surface area (Å²) in [5.41, 5.74) is 2.63. The van der Waals surface area contributed by atoms with Gasteiger partial charge in [0.1, 0.15) is 5.75 Å². The lowest BCUT2D eigenvalue weighted by Crippen LogP contribution is -2.08. The maximum atomic E-state index is 10.4. The highest BCUT2D eigenvalue weighted by molar-refractivity contribution is 5.55. The molecular weight excluding hydrogens is 360 g/mol. The van der Waals surface area contributed by atoms with Crippen LogP contribution in [0.3, 0.4) is 0 Å². The van der Waals surface area contributed by atoms with Crippen LogP contribution >= 0.6 is 0 Å². The first-order chi connectivity index (χ1) is 13.7. The van der Waals surface area contributed by atoms with Gasteiger partial charge in [-0.25, -0.2) is 0 Å². The summed E-state index contributed by atoms with van der Waals surface area (Å²) in [6.07, 6.45) is 16.0. The predicted molar refractivity (Wildman–Crippen MR) is 122 cm³/mol. The molecule has 0 spiro atoms. The number of benzene rings is 1. The quantitative estimate of drug-likeness (QED) is 0.170. The SMILES string of the molecule is CCC(C)(C)CCCCCCc1c(O)c(O)cc(O)c1CCCCCC1(C)CC1. The molecule has 0 bridgehead atoms. The second-order valence-electron chi connectivity index (χ2n) is 10.5. The first-order valence-electron chi connectivity index (χ1n) is 11.9. The van der Waals surface area contributed by atoms with Gasteiger partial charge in [0.15, 0.2) is 11.5 Å². The molecule has 0 unspecified atom stereocenters. The standard InChI is InChI=1S/C26H44O3/c1-5-25(2,3)15-11-7-6-9-14-21-20(22(27)19-23(28)24(21)29)13-10-8-12-16-26(4)17-18-26/h19,27-29H,5-18H2,1-4H3. The van der Waals surface area contributed by atoms with Crippen LogP contribution < -0.4 is 0 Å². The van der Waals surface area contributed by atoms with E-state index in [1.54, 1.807) is 0 Å². The molecule has 0 aliphatic heterocycles. The molecule has 3 nitrogen and oxygen atoms in total. The van der Waals surface area contributed by atoms with E-state index in [0.29, 0.717) is 10.8 Å². The van der Waals surface area contributed by atoms with E-state index in [2.05, 4.69) is 27.7 Å². The molecule has 0 amide bonds. The van der Waals surface area contributed by atoms with Crippen LogP contribution in [-0.4, -0.2) is 15.3 Å². The summed E-state index contributed by atoms with van der Waals surface area (Å²) in [5, 5.41) is 30.7. The zero-order chi connectivity index (χ0) is 21.5. The number of aromatic hydroxyl groups is 3. The van der Waals surface area contributed by atoms with E-state index in [1.807, 2.05) is 0 Å². The van der Waals surface area contributed by atoms with Gasteiger partial charge in [0.2, 0.25) is 0 Å². The van der Waals surface area contributed by atoms with Gasteiger partial charge < -0.3 is 15.3 Å². The molecule has 3 heteroatoms. The minimum absolute atomic E-state index is 0.0320. The van der Waals surface area contributed by atoms with E-state index in [1.165, 1.54) is 57.4 Å². The number of rotatable bonds is 14. The lowest BCUT2D eigenvalue weighted by Gasteiger charge is -2.22. The molecule has 1 aromatic rings. The van der Waals surface area contributed by atoms with Crippen LogP contribution in [0.15, 0.2) is 6.07 Å². The highest BCUT2D eigenvalue weighted by Gasteiger charge is 2.35. The van der Waals surface area contributed by atoms with Crippen molar-refractivity contribution in [1.29, 1.82) is 0 Å². The van der Waals surface area contributed by atoms with Crippen LogP contribution in [-0.2, 0) is 12.8 Å². The van der Waals surface area contributed by atoms with E-state index < -0.39 is 0 Å². The maximum Gasteiger partial charge on any atom is 0.161 e. The van der Waals surface area contributed by atoms with Crippen molar-refractivity contribution in [2.75, 3.05) is 0 Å². The molecule has 1 fully saturated rings. The zero-order valence-electron chi connectivity index (χ0n) is 19.3. The average Bonchev–Trinajstić information content (AvgIpc) is 3.40. The minimum atomic E-state index is -0.201. The molecule has 29 heavy (non-hydrogen) atoms. The zero-order valence-corrected chi connectivity index (χ0v) is 19.3. The van der Waals surface area contributed by atoms with Crippen molar-refractivity contribution < 1.29 is 15.3 Å². The molecule has 1 aliphatic carbocycles. The molecule has 0 heterocycles. The first-order valence-corrected chi connectivity index (χ1v) is 11.9. The van der Waals surface area contributed by atoms with E-state index in [9.17, 15) is 15.3 Å². The highest BCUT2D eigenvalue weighted by atomic mass is 16.3. The van der Waals surface area contributed by atoms with Crippen LogP contribution in [0.25, 0.3) is 0 Å². The van der Waals surface area contributed by atoms with Gasteiger partial charge in [-0.2, -0.15) is 0 Å². The number of unbranched alkanes of at least 4 members (excludes halogenated alkanes) is 5. The number of phenolic OH excluding ortho intramolecular Hbond substituents is 3. The molecule has 0 atom stereocenters. The van der Waals surface area contributed by atoms with Crippen molar-refractivity contribution in [2.45, 2.75) is 118 Å². The fourth-order valence-corrected chi connectivity index (χ4v) is 4.21. The van der Waals surface area contributed by atoms with Crippen molar-refractivity contribution in [3.8, 4) is 17.2 Å². The Balaban J connectivity index is 1.81. The third-order valence-electron chi connectivity index (χ3n) is 7.27. The second kappa shape index (κ2) is 10.6. The monoisotopic (exact) mass is 404 g/mol. The van der Waals surface area contributed by atoms with Gasteiger partial charge in [-0.05, 0) is 62.2 Å². The fourth-order valence-electron chi connectivity index (χ4n) is 4.21. The van der Waals surface area contributed by atoms with Gasteiger partial charge in [-0.3, -0.25) is 0 Å². The van der Waals surface area contributed by atoms with Gasteiger partial charge in [0.05, 0.1) is 0 Å². The van der Waals surface area contributed by atoms with Crippen LogP contribution in [0, 0.1) is 10.8 Å². The third kappa shape index (κ3) is 7.75. The van der Waals surface area contributed by atoms with Crippen LogP contribution in [0.4, 0.5) is 0 Å². The van der Waals surface area contributed by atoms with E-state index >= 15 is 0 Å². The Morgan fingerprint density at radius 1 is 0.828 bits per heavy atom. The Morgan fingerprint density at radius 2 is 1.41 bits per heavy atom. The lowest BCUT2D eigenvalue weighted by atomic mass is 9.84. The smallest absolute Gasteiger partial charge is 0.161 e. The van der Waals surface area contributed by atoms with Crippen LogP contribution in [0.5, 0.6) is 17.2 Å². The summed E-state index contributed by atoms with van der Waals surface area (Å²) in [7, 11) is 0. The van der Waals surface area contributed by atoms with Crippen molar-refractivity contribution in [3.05, 3.63) is 17.2 Å².